The van der Waals surface area contributed by atoms with Gasteiger partial charge in [-0.05, 0) is 29.8 Å². The first-order chi connectivity index (χ1) is 14.2. The van der Waals surface area contributed by atoms with Gasteiger partial charge in [0, 0.05) is 37.7 Å². The predicted octanol–water partition coefficient (Wildman–Crippen LogP) is 1.79. The van der Waals surface area contributed by atoms with Crippen LogP contribution in [0.2, 0.25) is 0 Å². The Morgan fingerprint density at radius 3 is 2.66 bits per heavy atom. The van der Waals surface area contributed by atoms with Gasteiger partial charge in [0.25, 0.3) is 11.5 Å². The molecule has 0 unspecified atom stereocenters. The lowest BCUT2D eigenvalue weighted by Crippen LogP contribution is -2.30. The Morgan fingerprint density at radius 2 is 1.93 bits per heavy atom. The Hall–Kier alpha value is -3.52. The zero-order valence-electron chi connectivity index (χ0n) is 16.1. The highest BCUT2D eigenvalue weighted by Crippen LogP contribution is 2.14. The maximum atomic E-state index is 12.3. The van der Waals surface area contributed by atoms with Crippen LogP contribution in [-0.4, -0.2) is 34.4 Å². The fourth-order valence-corrected chi connectivity index (χ4v) is 2.53. The summed E-state index contributed by atoms with van der Waals surface area (Å²) in [6, 6.07) is 14.0. The summed E-state index contributed by atoms with van der Waals surface area (Å²) < 4.78 is 11.9. The van der Waals surface area contributed by atoms with Gasteiger partial charge in [-0.2, -0.15) is 5.10 Å². The summed E-state index contributed by atoms with van der Waals surface area (Å²) in [5, 5.41) is 6.87. The highest BCUT2D eigenvalue weighted by Gasteiger charge is 2.09. The van der Waals surface area contributed by atoms with Crippen molar-refractivity contribution < 1.29 is 14.3 Å². The standard InChI is InChI=1S/C21H22N4O4/c1-28-12-11-25-20(26)9-8-19(24-25)21(27)23-14-16-4-6-18(7-5-16)29-15-17-3-2-10-22-13-17/h2-10,13H,11-12,14-15H2,1H3,(H,23,27). The van der Waals surface area contributed by atoms with Crippen molar-refractivity contribution in [3.8, 4) is 5.75 Å². The zero-order chi connectivity index (χ0) is 20.5. The van der Waals surface area contributed by atoms with E-state index in [0.717, 1.165) is 16.9 Å². The van der Waals surface area contributed by atoms with E-state index in [4.69, 9.17) is 9.47 Å². The molecular weight excluding hydrogens is 372 g/mol. The molecule has 2 heterocycles. The molecule has 150 valence electrons. The van der Waals surface area contributed by atoms with Gasteiger partial charge in [0.1, 0.15) is 18.1 Å². The van der Waals surface area contributed by atoms with E-state index < -0.39 is 0 Å². The zero-order valence-corrected chi connectivity index (χ0v) is 16.1. The van der Waals surface area contributed by atoms with Gasteiger partial charge in [-0.1, -0.05) is 18.2 Å². The van der Waals surface area contributed by atoms with Gasteiger partial charge in [0.15, 0.2) is 0 Å². The van der Waals surface area contributed by atoms with Gasteiger partial charge < -0.3 is 14.8 Å². The lowest BCUT2D eigenvalue weighted by molar-refractivity contribution is 0.0942. The number of rotatable bonds is 9. The third-order valence-corrected chi connectivity index (χ3v) is 4.11. The molecule has 2 aromatic heterocycles. The van der Waals surface area contributed by atoms with Crippen molar-refractivity contribution in [3.63, 3.8) is 0 Å². The Morgan fingerprint density at radius 1 is 1.10 bits per heavy atom. The molecule has 0 aliphatic rings. The molecule has 0 fully saturated rings. The molecule has 29 heavy (non-hydrogen) atoms. The fraction of sp³-hybridized carbons (Fsp3) is 0.238. The van der Waals surface area contributed by atoms with Gasteiger partial charge in [-0.15, -0.1) is 0 Å². The normalized spacial score (nSPS) is 10.5. The molecule has 0 saturated heterocycles. The molecule has 1 amide bonds. The van der Waals surface area contributed by atoms with Gasteiger partial charge >= 0.3 is 0 Å². The minimum Gasteiger partial charge on any atom is -0.489 e. The Labute approximate surface area is 168 Å². The molecule has 0 saturated carbocycles. The van der Waals surface area contributed by atoms with Crippen LogP contribution in [0.4, 0.5) is 0 Å². The van der Waals surface area contributed by atoms with Crippen molar-refractivity contribution in [1.82, 2.24) is 20.1 Å². The highest BCUT2D eigenvalue weighted by atomic mass is 16.5. The van der Waals surface area contributed by atoms with E-state index in [1.54, 1.807) is 12.4 Å². The van der Waals surface area contributed by atoms with Crippen molar-refractivity contribution >= 4 is 5.91 Å². The highest BCUT2D eigenvalue weighted by molar-refractivity contribution is 5.91. The van der Waals surface area contributed by atoms with Crippen LogP contribution >= 0.6 is 0 Å². The summed E-state index contributed by atoms with van der Waals surface area (Å²) in [7, 11) is 1.54. The topological polar surface area (TPSA) is 95.3 Å². The number of carbonyl (C=O) groups excluding carboxylic acids is 1. The molecule has 0 spiro atoms. The minimum absolute atomic E-state index is 0.178. The molecule has 3 rings (SSSR count). The SMILES string of the molecule is COCCn1nc(C(=O)NCc2ccc(OCc3cccnc3)cc2)ccc1=O. The summed E-state index contributed by atoms with van der Waals surface area (Å²) in [6.07, 6.45) is 3.48. The largest absolute Gasteiger partial charge is 0.489 e. The quantitative estimate of drug-likeness (QED) is 0.595. The smallest absolute Gasteiger partial charge is 0.271 e. The number of nitrogens with zero attached hydrogens (tertiary/aromatic N) is 3. The van der Waals surface area contributed by atoms with Crippen molar-refractivity contribution in [2.24, 2.45) is 0 Å². The molecule has 1 aromatic carbocycles. The maximum absolute atomic E-state index is 12.3. The second-order valence-electron chi connectivity index (χ2n) is 6.25. The molecular formula is C21H22N4O4. The van der Waals surface area contributed by atoms with Crippen LogP contribution < -0.4 is 15.6 Å². The molecule has 8 nitrogen and oxygen atoms in total. The molecule has 0 atom stereocenters. The third-order valence-electron chi connectivity index (χ3n) is 4.11. The van der Waals surface area contributed by atoms with Crippen molar-refractivity contribution in [3.05, 3.63) is 88.1 Å². The molecule has 8 heteroatoms. The van der Waals surface area contributed by atoms with E-state index in [0.29, 0.717) is 19.8 Å². The number of pyridine rings is 1. The van der Waals surface area contributed by atoms with Crippen LogP contribution in [0.25, 0.3) is 0 Å². The number of benzene rings is 1. The Kier molecular flexibility index (Phi) is 7.07. The molecule has 0 aliphatic carbocycles. The van der Waals surface area contributed by atoms with E-state index in [9.17, 15) is 9.59 Å². The van der Waals surface area contributed by atoms with Gasteiger partial charge in [-0.25, -0.2) is 4.68 Å². The van der Waals surface area contributed by atoms with Crippen LogP contribution in [0.15, 0.2) is 65.7 Å². The fourth-order valence-electron chi connectivity index (χ4n) is 2.53. The number of carbonyl (C=O) groups is 1. The lowest BCUT2D eigenvalue weighted by Gasteiger charge is -2.09. The van der Waals surface area contributed by atoms with Crippen LogP contribution in [0, 0.1) is 0 Å². The first kappa shape index (κ1) is 20.2. The minimum atomic E-state index is -0.354. The van der Waals surface area contributed by atoms with Crippen molar-refractivity contribution in [1.29, 1.82) is 0 Å². The monoisotopic (exact) mass is 394 g/mol. The van der Waals surface area contributed by atoms with Gasteiger partial charge in [0.2, 0.25) is 0 Å². The summed E-state index contributed by atoms with van der Waals surface area (Å²) in [5.41, 5.74) is 1.81. The van der Waals surface area contributed by atoms with Crippen molar-refractivity contribution in [2.45, 2.75) is 19.7 Å². The van der Waals surface area contributed by atoms with Gasteiger partial charge in [-0.3, -0.25) is 14.6 Å². The third kappa shape index (κ3) is 5.98. The number of hydrogen-bond donors (Lipinski definition) is 1. The average molecular weight is 394 g/mol. The summed E-state index contributed by atoms with van der Waals surface area (Å²) in [6.45, 7) is 1.40. The number of amides is 1. The van der Waals surface area contributed by atoms with E-state index in [2.05, 4.69) is 15.4 Å². The van der Waals surface area contributed by atoms with E-state index >= 15 is 0 Å². The summed E-state index contributed by atoms with van der Waals surface area (Å²) in [4.78, 5) is 28.1. The molecule has 0 aliphatic heterocycles. The lowest BCUT2D eigenvalue weighted by atomic mass is 10.2. The van der Waals surface area contributed by atoms with E-state index in [1.807, 2.05) is 36.4 Å². The number of ether oxygens (including phenoxy) is 2. The van der Waals surface area contributed by atoms with Crippen LogP contribution in [-0.2, 0) is 24.4 Å². The Bertz CT molecular complexity index is 988. The van der Waals surface area contributed by atoms with E-state index in [-0.39, 0.29) is 23.7 Å². The Balaban J connectivity index is 1.53. The first-order valence-electron chi connectivity index (χ1n) is 9.11. The van der Waals surface area contributed by atoms with Crippen molar-refractivity contribution in [2.75, 3.05) is 13.7 Å². The van der Waals surface area contributed by atoms with E-state index in [1.165, 1.54) is 23.9 Å². The number of hydrogen-bond acceptors (Lipinski definition) is 6. The summed E-state index contributed by atoms with van der Waals surface area (Å²) >= 11 is 0. The molecule has 0 radical (unpaired) electrons. The van der Waals surface area contributed by atoms with Crippen LogP contribution in [0.3, 0.4) is 0 Å². The predicted molar refractivity (Wildman–Crippen MR) is 107 cm³/mol. The average Bonchev–Trinajstić information content (AvgIpc) is 2.77. The number of aromatic nitrogens is 3. The number of nitrogens with one attached hydrogen (secondary N) is 1. The second-order valence-corrected chi connectivity index (χ2v) is 6.25. The maximum Gasteiger partial charge on any atom is 0.271 e. The second kappa shape index (κ2) is 10.1. The number of methoxy groups -OCH3 is 1. The first-order valence-corrected chi connectivity index (χ1v) is 9.11. The summed E-state index contributed by atoms with van der Waals surface area (Å²) in [5.74, 6) is 0.379. The molecule has 1 N–H and O–H groups in total. The van der Waals surface area contributed by atoms with Gasteiger partial charge in [0.05, 0.1) is 13.2 Å². The molecule has 0 bridgehead atoms. The van der Waals surface area contributed by atoms with Crippen LogP contribution in [0.5, 0.6) is 5.75 Å². The molecule has 3 aromatic rings. The van der Waals surface area contributed by atoms with Crippen LogP contribution in [0.1, 0.15) is 21.6 Å².